The summed E-state index contributed by atoms with van der Waals surface area (Å²) in [5.74, 6) is -0.954. The molecule has 2 aromatic rings. The minimum atomic E-state index is -0.692. The Kier molecular flexibility index (Phi) is 6.66. The van der Waals surface area contributed by atoms with E-state index < -0.39 is 17.7 Å². The zero-order valence-electron chi connectivity index (χ0n) is 19.1. The summed E-state index contributed by atoms with van der Waals surface area (Å²) in [6.07, 6.45) is 4.82. The molecule has 2 fully saturated rings. The Bertz CT molecular complexity index is 1120. The molecule has 0 bridgehead atoms. The highest BCUT2D eigenvalue weighted by Gasteiger charge is 2.49. The van der Waals surface area contributed by atoms with E-state index in [-0.39, 0.29) is 28.7 Å². The Morgan fingerprint density at radius 2 is 1.70 bits per heavy atom. The molecule has 1 saturated carbocycles. The van der Waals surface area contributed by atoms with Gasteiger partial charge >= 0.3 is 0 Å². The van der Waals surface area contributed by atoms with Gasteiger partial charge in [-0.25, -0.2) is 0 Å². The number of Topliss-reactive ketones (excluding diaryl/α,β-unsaturated/α-hetero) is 1. The van der Waals surface area contributed by atoms with Gasteiger partial charge < -0.3 is 19.5 Å². The normalized spacial score (nSPS) is 20.8. The molecule has 1 aliphatic carbocycles. The molecule has 0 radical (unpaired) electrons. The number of halogens is 1. The van der Waals surface area contributed by atoms with Crippen molar-refractivity contribution in [3.8, 4) is 11.5 Å². The number of aliphatic hydroxyl groups excluding tert-OH is 1. The van der Waals surface area contributed by atoms with E-state index in [0.717, 1.165) is 43.2 Å². The van der Waals surface area contributed by atoms with Gasteiger partial charge in [0, 0.05) is 12.1 Å². The lowest BCUT2D eigenvalue weighted by Gasteiger charge is -2.36. The molecule has 1 saturated heterocycles. The van der Waals surface area contributed by atoms with Gasteiger partial charge in [0.15, 0.2) is 0 Å². The quantitative estimate of drug-likeness (QED) is 0.359. The number of nitrogens with zero attached hydrogens (tertiary/aromatic N) is 1. The van der Waals surface area contributed by atoms with Crippen molar-refractivity contribution in [2.45, 2.75) is 51.1 Å². The number of hydrogen-bond acceptors (Lipinski definition) is 5. The molecule has 0 spiro atoms. The number of carbonyl (C=O) groups is 2. The van der Waals surface area contributed by atoms with Crippen LogP contribution in [0.2, 0.25) is 5.02 Å². The molecule has 1 atom stereocenters. The third kappa shape index (κ3) is 4.08. The minimum absolute atomic E-state index is 0.0493. The van der Waals surface area contributed by atoms with Crippen LogP contribution in [0.5, 0.6) is 11.5 Å². The molecule has 1 aliphatic heterocycles. The van der Waals surface area contributed by atoms with Gasteiger partial charge in [0.25, 0.3) is 11.7 Å². The molecule has 1 unspecified atom stereocenters. The summed E-state index contributed by atoms with van der Waals surface area (Å²) >= 11 is 6.23. The molecule has 174 valence electrons. The number of aryl methyl sites for hydroxylation is 1. The molecule has 7 heteroatoms. The standard InChI is InChI=1S/C26H28ClNO5/c1-15-9-7-8-12-17(15)23-22(25(30)26(31)28(23)16-10-5-4-6-11-16)24(29)18-13-21(33-3)19(27)14-20(18)32-2/h7-9,12-14,16,23,29H,4-6,10-11H2,1-3H3/b24-22+. The first-order valence-corrected chi connectivity index (χ1v) is 11.5. The van der Waals surface area contributed by atoms with Gasteiger partial charge in [0.2, 0.25) is 0 Å². The molecule has 6 nitrogen and oxygen atoms in total. The van der Waals surface area contributed by atoms with Crippen molar-refractivity contribution >= 4 is 29.1 Å². The van der Waals surface area contributed by atoms with Crippen molar-refractivity contribution in [1.82, 2.24) is 4.90 Å². The maximum absolute atomic E-state index is 13.4. The second kappa shape index (κ2) is 9.48. The second-order valence-corrected chi connectivity index (χ2v) is 8.95. The molecule has 2 aliphatic rings. The lowest BCUT2D eigenvalue weighted by atomic mass is 9.89. The van der Waals surface area contributed by atoms with Crippen LogP contribution in [0.1, 0.15) is 54.8 Å². The lowest BCUT2D eigenvalue weighted by Crippen LogP contribution is -2.40. The van der Waals surface area contributed by atoms with E-state index >= 15 is 0 Å². The van der Waals surface area contributed by atoms with Crippen LogP contribution in [-0.2, 0) is 9.59 Å². The van der Waals surface area contributed by atoms with Crippen molar-refractivity contribution in [2.24, 2.45) is 0 Å². The predicted molar refractivity (Wildman–Crippen MR) is 127 cm³/mol. The molecule has 4 rings (SSSR count). The van der Waals surface area contributed by atoms with E-state index in [9.17, 15) is 14.7 Å². The summed E-state index contributed by atoms with van der Waals surface area (Å²) < 4.78 is 10.7. The molecule has 2 aromatic carbocycles. The van der Waals surface area contributed by atoms with E-state index in [1.165, 1.54) is 26.4 Å². The Balaban J connectivity index is 1.95. The molecular formula is C26H28ClNO5. The van der Waals surface area contributed by atoms with Crippen LogP contribution in [0.3, 0.4) is 0 Å². The minimum Gasteiger partial charge on any atom is -0.507 e. The fourth-order valence-corrected chi connectivity index (χ4v) is 5.21. The fourth-order valence-electron chi connectivity index (χ4n) is 4.98. The number of hydrogen-bond donors (Lipinski definition) is 1. The average molecular weight is 470 g/mol. The lowest BCUT2D eigenvalue weighted by molar-refractivity contribution is -0.141. The number of ether oxygens (including phenoxy) is 2. The molecule has 1 heterocycles. The molecule has 1 N–H and O–H groups in total. The monoisotopic (exact) mass is 469 g/mol. The van der Waals surface area contributed by atoms with E-state index in [0.29, 0.717) is 10.8 Å². The number of benzene rings is 2. The molecular weight excluding hydrogens is 442 g/mol. The second-order valence-electron chi connectivity index (χ2n) is 8.54. The summed E-state index contributed by atoms with van der Waals surface area (Å²) in [4.78, 5) is 28.4. The number of ketones is 1. The van der Waals surface area contributed by atoms with Gasteiger partial charge in [0.05, 0.1) is 36.4 Å². The first-order chi connectivity index (χ1) is 15.9. The van der Waals surface area contributed by atoms with Crippen molar-refractivity contribution in [2.75, 3.05) is 14.2 Å². The smallest absolute Gasteiger partial charge is 0.295 e. The van der Waals surface area contributed by atoms with Crippen LogP contribution < -0.4 is 9.47 Å². The fraction of sp³-hybridized carbons (Fsp3) is 0.385. The first kappa shape index (κ1) is 23.2. The Morgan fingerprint density at radius 1 is 1.03 bits per heavy atom. The third-order valence-electron chi connectivity index (χ3n) is 6.66. The van der Waals surface area contributed by atoms with Crippen LogP contribution in [0, 0.1) is 6.92 Å². The first-order valence-electron chi connectivity index (χ1n) is 11.2. The number of methoxy groups -OCH3 is 2. The number of aliphatic hydroxyl groups is 1. The maximum Gasteiger partial charge on any atom is 0.295 e. The third-order valence-corrected chi connectivity index (χ3v) is 6.96. The van der Waals surface area contributed by atoms with Gasteiger partial charge in [0.1, 0.15) is 17.3 Å². The summed E-state index contributed by atoms with van der Waals surface area (Å²) in [5.41, 5.74) is 2.07. The van der Waals surface area contributed by atoms with E-state index in [2.05, 4.69) is 0 Å². The largest absolute Gasteiger partial charge is 0.507 e. The molecule has 33 heavy (non-hydrogen) atoms. The van der Waals surface area contributed by atoms with Crippen molar-refractivity contribution in [1.29, 1.82) is 0 Å². The van der Waals surface area contributed by atoms with Crippen LogP contribution in [0.4, 0.5) is 0 Å². The number of likely N-dealkylation sites (tertiary alicyclic amines) is 1. The summed E-state index contributed by atoms with van der Waals surface area (Å²) in [6.45, 7) is 1.95. The van der Waals surface area contributed by atoms with E-state index in [1.807, 2.05) is 31.2 Å². The van der Waals surface area contributed by atoms with Gasteiger partial charge in [-0.2, -0.15) is 0 Å². The summed E-state index contributed by atoms with van der Waals surface area (Å²) in [5, 5.41) is 11.8. The highest BCUT2D eigenvalue weighted by atomic mass is 35.5. The number of rotatable bonds is 5. The van der Waals surface area contributed by atoms with Crippen molar-refractivity contribution in [3.63, 3.8) is 0 Å². The van der Waals surface area contributed by atoms with E-state index in [1.54, 1.807) is 4.90 Å². The van der Waals surface area contributed by atoms with Gasteiger partial charge in [-0.05, 0) is 37.0 Å². The summed E-state index contributed by atoms with van der Waals surface area (Å²) in [6, 6.07) is 9.98. The van der Waals surface area contributed by atoms with Crippen molar-refractivity contribution in [3.05, 3.63) is 63.7 Å². The molecule has 0 aromatic heterocycles. The average Bonchev–Trinajstić information content (AvgIpc) is 3.09. The van der Waals surface area contributed by atoms with Gasteiger partial charge in [-0.15, -0.1) is 0 Å². The van der Waals surface area contributed by atoms with Gasteiger partial charge in [-0.1, -0.05) is 55.1 Å². The van der Waals surface area contributed by atoms with Crippen LogP contribution in [0.25, 0.3) is 5.76 Å². The maximum atomic E-state index is 13.4. The van der Waals surface area contributed by atoms with E-state index in [4.69, 9.17) is 21.1 Å². The topological polar surface area (TPSA) is 76.1 Å². The highest BCUT2D eigenvalue weighted by Crippen LogP contribution is 2.45. The number of amides is 1. The van der Waals surface area contributed by atoms with Crippen LogP contribution in [0.15, 0.2) is 42.0 Å². The van der Waals surface area contributed by atoms with Gasteiger partial charge in [-0.3, -0.25) is 9.59 Å². The summed E-state index contributed by atoms with van der Waals surface area (Å²) in [7, 11) is 2.92. The Labute approximate surface area is 198 Å². The molecule has 1 amide bonds. The van der Waals surface area contributed by atoms with Crippen molar-refractivity contribution < 1.29 is 24.2 Å². The zero-order valence-corrected chi connectivity index (χ0v) is 19.8. The highest BCUT2D eigenvalue weighted by molar-refractivity contribution is 6.46. The van der Waals surface area contributed by atoms with Crippen LogP contribution >= 0.6 is 11.6 Å². The zero-order chi connectivity index (χ0) is 23.7. The predicted octanol–water partition coefficient (Wildman–Crippen LogP) is 5.42. The van der Waals surface area contributed by atoms with Crippen LogP contribution in [-0.4, -0.2) is 42.0 Å². The Hall–Kier alpha value is -2.99. The Morgan fingerprint density at radius 3 is 2.33 bits per heavy atom. The SMILES string of the molecule is COc1cc(/C(O)=C2\C(=O)C(=O)N(C3CCCCC3)C2c2ccccc2C)c(OC)cc1Cl. The number of carbonyl (C=O) groups excluding carboxylic acids is 2.